The second-order valence-electron chi connectivity index (χ2n) is 7.60. The Labute approximate surface area is 135 Å². The van der Waals surface area contributed by atoms with Gasteiger partial charge in [-0.2, -0.15) is 0 Å². The van der Waals surface area contributed by atoms with Crippen molar-refractivity contribution in [3.63, 3.8) is 0 Å². The van der Waals surface area contributed by atoms with E-state index in [4.69, 9.17) is 5.73 Å². The molecule has 21 heavy (non-hydrogen) atoms. The number of unbranched alkanes of at least 4 members (excludes halogenated alkanes) is 11. The van der Waals surface area contributed by atoms with Crippen molar-refractivity contribution in [2.24, 2.45) is 11.7 Å². The van der Waals surface area contributed by atoms with Crippen LogP contribution in [0.25, 0.3) is 0 Å². The third-order valence-corrected chi connectivity index (χ3v) is 4.95. The van der Waals surface area contributed by atoms with Crippen molar-refractivity contribution in [1.29, 1.82) is 0 Å². The third-order valence-electron chi connectivity index (χ3n) is 4.95. The minimum absolute atomic E-state index is 0.00647. The van der Waals surface area contributed by atoms with Gasteiger partial charge in [-0.05, 0) is 26.2 Å². The third kappa shape index (κ3) is 13.4. The Morgan fingerprint density at radius 3 is 1.38 bits per heavy atom. The zero-order valence-corrected chi connectivity index (χ0v) is 15.6. The van der Waals surface area contributed by atoms with Crippen LogP contribution in [0.15, 0.2) is 0 Å². The Kier molecular flexibility index (Phi) is 13.6. The zero-order valence-electron chi connectivity index (χ0n) is 15.6. The number of rotatable bonds is 15. The topological polar surface area (TPSA) is 26.0 Å². The fourth-order valence-corrected chi connectivity index (χ4v) is 3.33. The summed E-state index contributed by atoms with van der Waals surface area (Å²) in [4.78, 5) is 0. The van der Waals surface area contributed by atoms with Crippen LogP contribution >= 0.6 is 0 Å². The van der Waals surface area contributed by atoms with Crippen LogP contribution in [0.3, 0.4) is 0 Å². The van der Waals surface area contributed by atoms with Crippen molar-refractivity contribution in [2.75, 3.05) is 0 Å². The molecule has 0 aromatic rings. The molecule has 1 unspecified atom stereocenters. The molecule has 0 rings (SSSR count). The van der Waals surface area contributed by atoms with Crippen LogP contribution in [0.4, 0.5) is 0 Å². The van der Waals surface area contributed by atoms with Gasteiger partial charge in [0.05, 0.1) is 0 Å². The summed E-state index contributed by atoms with van der Waals surface area (Å²) in [6, 6.07) is 0. The van der Waals surface area contributed by atoms with Gasteiger partial charge in [-0.1, -0.05) is 97.3 Å². The molecule has 0 aromatic carbocycles. The molecular formula is C20H43N. The fraction of sp³-hybridized carbons (Fsp3) is 1.00. The molecule has 0 heterocycles. The van der Waals surface area contributed by atoms with Crippen LogP contribution < -0.4 is 5.73 Å². The highest BCUT2D eigenvalue weighted by Crippen LogP contribution is 2.24. The van der Waals surface area contributed by atoms with E-state index < -0.39 is 0 Å². The van der Waals surface area contributed by atoms with E-state index in [1.165, 1.54) is 89.9 Å². The van der Waals surface area contributed by atoms with Gasteiger partial charge in [-0.3, -0.25) is 0 Å². The quantitative estimate of drug-likeness (QED) is 0.329. The number of hydrogen-bond acceptors (Lipinski definition) is 1. The smallest absolute Gasteiger partial charge is 0.0125 e. The molecule has 0 fully saturated rings. The maximum Gasteiger partial charge on any atom is 0.0125 e. The van der Waals surface area contributed by atoms with E-state index in [2.05, 4.69) is 27.7 Å². The summed E-state index contributed by atoms with van der Waals surface area (Å²) < 4.78 is 0. The van der Waals surface area contributed by atoms with Crippen molar-refractivity contribution in [3.05, 3.63) is 0 Å². The van der Waals surface area contributed by atoms with Crippen LogP contribution in [0.1, 0.15) is 118 Å². The molecule has 1 nitrogen and oxygen atoms in total. The van der Waals surface area contributed by atoms with Gasteiger partial charge in [0.15, 0.2) is 0 Å². The molecule has 0 saturated carbocycles. The van der Waals surface area contributed by atoms with Gasteiger partial charge in [-0.15, -0.1) is 0 Å². The second kappa shape index (κ2) is 13.6. The minimum Gasteiger partial charge on any atom is -0.325 e. The van der Waals surface area contributed by atoms with E-state index in [1.54, 1.807) is 0 Å². The van der Waals surface area contributed by atoms with Crippen molar-refractivity contribution < 1.29 is 0 Å². The van der Waals surface area contributed by atoms with Gasteiger partial charge in [-0.25, -0.2) is 0 Å². The van der Waals surface area contributed by atoms with E-state index in [-0.39, 0.29) is 5.54 Å². The van der Waals surface area contributed by atoms with Gasteiger partial charge in [0.1, 0.15) is 0 Å². The average Bonchev–Trinajstić information content (AvgIpc) is 2.42. The highest BCUT2D eigenvalue weighted by atomic mass is 14.7. The molecule has 0 aliphatic rings. The monoisotopic (exact) mass is 297 g/mol. The van der Waals surface area contributed by atoms with Crippen LogP contribution in [0.2, 0.25) is 0 Å². The van der Waals surface area contributed by atoms with E-state index in [9.17, 15) is 0 Å². The summed E-state index contributed by atoms with van der Waals surface area (Å²) >= 11 is 0. The lowest BCUT2D eigenvalue weighted by atomic mass is 9.82. The predicted molar refractivity (Wildman–Crippen MR) is 97.7 cm³/mol. The van der Waals surface area contributed by atoms with Crippen molar-refractivity contribution in [1.82, 2.24) is 0 Å². The highest BCUT2D eigenvalue weighted by Gasteiger charge is 2.22. The lowest BCUT2D eigenvalue weighted by Gasteiger charge is -2.29. The summed E-state index contributed by atoms with van der Waals surface area (Å²) in [6.07, 6.45) is 19.7. The lowest BCUT2D eigenvalue weighted by Crippen LogP contribution is -2.40. The van der Waals surface area contributed by atoms with Crippen LogP contribution in [-0.2, 0) is 0 Å². The molecule has 1 heteroatoms. The maximum atomic E-state index is 6.23. The Bertz CT molecular complexity index is 204. The van der Waals surface area contributed by atoms with Crippen LogP contribution in [0, 0.1) is 5.92 Å². The number of hydrogen-bond donors (Lipinski definition) is 1. The first-order chi connectivity index (χ1) is 10.0. The summed E-state index contributed by atoms with van der Waals surface area (Å²) in [6.45, 7) is 8.93. The van der Waals surface area contributed by atoms with E-state index in [1.807, 2.05) is 0 Å². The molecule has 0 saturated heterocycles. The first-order valence-corrected chi connectivity index (χ1v) is 9.81. The van der Waals surface area contributed by atoms with E-state index in [0.717, 1.165) is 0 Å². The predicted octanol–water partition coefficient (Wildman–Crippen LogP) is 6.84. The summed E-state index contributed by atoms with van der Waals surface area (Å²) in [7, 11) is 0. The molecule has 0 bridgehead atoms. The van der Waals surface area contributed by atoms with E-state index in [0.29, 0.717) is 5.92 Å². The molecule has 0 aliphatic heterocycles. The molecule has 0 radical (unpaired) electrons. The molecule has 0 spiro atoms. The molecular weight excluding hydrogens is 254 g/mol. The Balaban J connectivity index is 3.26. The molecule has 0 amide bonds. The van der Waals surface area contributed by atoms with Crippen molar-refractivity contribution in [3.8, 4) is 0 Å². The normalized spacial score (nSPS) is 13.6. The molecule has 128 valence electrons. The van der Waals surface area contributed by atoms with Crippen molar-refractivity contribution >= 4 is 0 Å². The Morgan fingerprint density at radius 2 is 1.05 bits per heavy atom. The highest BCUT2D eigenvalue weighted by molar-refractivity contribution is 4.80. The molecule has 0 aromatic heterocycles. The number of nitrogens with two attached hydrogens (primary N) is 1. The fourth-order valence-electron chi connectivity index (χ4n) is 3.33. The Morgan fingerprint density at radius 1 is 0.667 bits per heavy atom. The standard InChI is InChI=1S/C20H43N/c1-5-7-8-9-10-11-12-13-14-15-16-17-18-19(6-2)20(3,4)21/h19H,5-18,21H2,1-4H3. The van der Waals surface area contributed by atoms with Crippen LogP contribution in [0.5, 0.6) is 0 Å². The van der Waals surface area contributed by atoms with Crippen LogP contribution in [-0.4, -0.2) is 5.54 Å². The first kappa shape index (κ1) is 21.0. The second-order valence-corrected chi connectivity index (χ2v) is 7.60. The lowest BCUT2D eigenvalue weighted by molar-refractivity contribution is 0.283. The van der Waals surface area contributed by atoms with Gasteiger partial charge >= 0.3 is 0 Å². The van der Waals surface area contributed by atoms with Crippen molar-refractivity contribution in [2.45, 2.75) is 123 Å². The van der Waals surface area contributed by atoms with Gasteiger partial charge in [0.25, 0.3) is 0 Å². The van der Waals surface area contributed by atoms with E-state index >= 15 is 0 Å². The summed E-state index contributed by atoms with van der Waals surface area (Å²) in [5, 5.41) is 0. The van der Waals surface area contributed by atoms with Gasteiger partial charge in [0, 0.05) is 5.54 Å². The Hall–Kier alpha value is -0.0400. The van der Waals surface area contributed by atoms with Gasteiger partial charge < -0.3 is 5.73 Å². The van der Waals surface area contributed by atoms with Gasteiger partial charge in [0.2, 0.25) is 0 Å². The summed E-state index contributed by atoms with van der Waals surface area (Å²) in [5.41, 5.74) is 6.24. The maximum absolute atomic E-state index is 6.23. The molecule has 2 N–H and O–H groups in total. The summed E-state index contributed by atoms with van der Waals surface area (Å²) in [5.74, 6) is 0.695. The first-order valence-electron chi connectivity index (χ1n) is 9.81. The zero-order chi connectivity index (χ0) is 16.0. The largest absolute Gasteiger partial charge is 0.325 e. The SMILES string of the molecule is CCCCCCCCCCCCCCC(CC)C(C)(C)N. The minimum atomic E-state index is 0.00647. The molecule has 1 atom stereocenters. The molecule has 0 aliphatic carbocycles. The average molecular weight is 298 g/mol.